The molecular weight excluding hydrogens is 210 g/mol. The number of nitriles is 1. The zero-order chi connectivity index (χ0) is 12.6. The van der Waals surface area contributed by atoms with Gasteiger partial charge in [-0.1, -0.05) is 13.5 Å². The van der Waals surface area contributed by atoms with Gasteiger partial charge in [0.15, 0.2) is 0 Å². The summed E-state index contributed by atoms with van der Waals surface area (Å²) in [7, 11) is 0. The average Bonchev–Trinajstić information content (AvgIpc) is 2.28. The highest BCUT2D eigenvalue weighted by Gasteiger charge is 2.20. The van der Waals surface area contributed by atoms with Crippen LogP contribution in [0.3, 0.4) is 0 Å². The highest BCUT2D eigenvalue weighted by molar-refractivity contribution is 5.92. The molecule has 0 aliphatic carbocycles. The Morgan fingerprint density at radius 3 is 2.44 bits per heavy atom. The van der Waals surface area contributed by atoms with E-state index in [9.17, 15) is 9.59 Å². The van der Waals surface area contributed by atoms with Gasteiger partial charge in [0, 0.05) is 0 Å². The molecule has 5 heteroatoms. The molecule has 0 aromatic heterocycles. The van der Waals surface area contributed by atoms with Crippen LogP contribution in [0, 0.1) is 17.2 Å². The Morgan fingerprint density at radius 1 is 1.38 bits per heavy atom. The first-order valence-electron chi connectivity index (χ1n) is 4.99. The number of carbonyl (C=O) groups excluding carboxylic acids is 2. The summed E-state index contributed by atoms with van der Waals surface area (Å²) in [6.45, 7) is 6.89. The van der Waals surface area contributed by atoms with E-state index in [1.807, 2.05) is 0 Å². The minimum atomic E-state index is -0.801. The van der Waals surface area contributed by atoms with E-state index in [1.54, 1.807) is 19.9 Å². The van der Waals surface area contributed by atoms with E-state index in [1.165, 1.54) is 0 Å². The van der Waals surface area contributed by atoms with E-state index >= 15 is 0 Å². The first-order chi connectivity index (χ1) is 7.56. The standard InChI is InChI=1S/C11H15NO4/c1-4-9(11(14)15-5-2)7-16-10(13)8(3)6-12/h9H,3-5,7H2,1-2H3. The summed E-state index contributed by atoms with van der Waals surface area (Å²) < 4.78 is 9.55. The summed E-state index contributed by atoms with van der Waals surface area (Å²) in [6.07, 6.45) is 0.505. The van der Waals surface area contributed by atoms with Crippen molar-refractivity contribution >= 4 is 11.9 Å². The second-order valence-corrected chi connectivity index (χ2v) is 3.05. The maximum absolute atomic E-state index is 11.3. The predicted molar refractivity (Wildman–Crippen MR) is 56.1 cm³/mol. The van der Waals surface area contributed by atoms with Crippen LogP contribution < -0.4 is 0 Å². The van der Waals surface area contributed by atoms with Crippen molar-refractivity contribution in [1.29, 1.82) is 5.26 Å². The van der Waals surface area contributed by atoms with Crippen LogP contribution in [-0.4, -0.2) is 25.2 Å². The molecule has 5 nitrogen and oxygen atoms in total. The predicted octanol–water partition coefficient (Wildman–Crippen LogP) is 1.20. The molecule has 88 valence electrons. The highest BCUT2D eigenvalue weighted by atomic mass is 16.5. The molecule has 16 heavy (non-hydrogen) atoms. The van der Waals surface area contributed by atoms with Gasteiger partial charge in [0.05, 0.1) is 12.5 Å². The summed E-state index contributed by atoms with van der Waals surface area (Å²) in [4.78, 5) is 22.4. The average molecular weight is 225 g/mol. The quantitative estimate of drug-likeness (QED) is 0.385. The van der Waals surface area contributed by atoms with Crippen molar-refractivity contribution in [3.05, 3.63) is 12.2 Å². The molecule has 0 rings (SSSR count). The third-order valence-electron chi connectivity index (χ3n) is 1.91. The van der Waals surface area contributed by atoms with Crippen molar-refractivity contribution in [3.63, 3.8) is 0 Å². The molecule has 0 aromatic rings. The van der Waals surface area contributed by atoms with Crippen LogP contribution in [0.25, 0.3) is 0 Å². The van der Waals surface area contributed by atoms with Gasteiger partial charge in [0.25, 0.3) is 0 Å². The topological polar surface area (TPSA) is 76.4 Å². The Bertz CT molecular complexity index is 316. The summed E-state index contributed by atoms with van der Waals surface area (Å²) in [5.41, 5.74) is -0.279. The Kier molecular flexibility index (Phi) is 6.61. The van der Waals surface area contributed by atoms with Crippen LogP contribution in [0.4, 0.5) is 0 Å². The van der Waals surface area contributed by atoms with E-state index in [0.29, 0.717) is 6.42 Å². The number of ether oxygens (including phenoxy) is 2. The van der Waals surface area contributed by atoms with Crippen molar-refractivity contribution in [3.8, 4) is 6.07 Å². The molecule has 1 unspecified atom stereocenters. The molecule has 0 N–H and O–H groups in total. The molecule has 0 amide bonds. The lowest BCUT2D eigenvalue weighted by molar-refractivity contribution is -0.153. The van der Waals surface area contributed by atoms with Crippen LogP contribution in [0.1, 0.15) is 20.3 Å². The van der Waals surface area contributed by atoms with Gasteiger partial charge in [0.2, 0.25) is 0 Å². The third kappa shape index (κ3) is 4.60. The largest absolute Gasteiger partial charge is 0.466 e. The van der Waals surface area contributed by atoms with Gasteiger partial charge in [-0.2, -0.15) is 5.26 Å². The lowest BCUT2D eigenvalue weighted by Gasteiger charge is -2.13. The van der Waals surface area contributed by atoms with Crippen molar-refractivity contribution in [2.45, 2.75) is 20.3 Å². The summed E-state index contributed by atoms with van der Waals surface area (Å²) in [5, 5.41) is 8.38. The number of nitrogens with zero attached hydrogens (tertiary/aromatic N) is 1. The zero-order valence-electron chi connectivity index (χ0n) is 9.49. The molecule has 0 aromatic carbocycles. The van der Waals surface area contributed by atoms with Gasteiger partial charge in [-0.05, 0) is 13.3 Å². The van der Waals surface area contributed by atoms with E-state index in [2.05, 4.69) is 6.58 Å². The maximum Gasteiger partial charge on any atom is 0.348 e. The van der Waals surface area contributed by atoms with Crippen molar-refractivity contribution in [2.75, 3.05) is 13.2 Å². The van der Waals surface area contributed by atoms with Crippen molar-refractivity contribution < 1.29 is 19.1 Å². The third-order valence-corrected chi connectivity index (χ3v) is 1.91. The SMILES string of the molecule is C=C(C#N)C(=O)OCC(CC)C(=O)OCC. The Balaban J connectivity index is 4.16. The van der Waals surface area contributed by atoms with E-state index < -0.39 is 17.9 Å². The zero-order valence-corrected chi connectivity index (χ0v) is 9.49. The number of rotatable bonds is 6. The summed E-state index contributed by atoms with van der Waals surface area (Å²) in [6, 6.07) is 1.58. The molecular formula is C11H15NO4. The molecule has 0 saturated heterocycles. The first kappa shape index (κ1) is 14.2. The molecule has 1 atom stereocenters. The van der Waals surface area contributed by atoms with Crippen LogP contribution >= 0.6 is 0 Å². The molecule has 0 radical (unpaired) electrons. The van der Waals surface area contributed by atoms with E-state index in [-0.39, 0.29) is 18.8 Å². The van der Waals surface area contributed by atoms with Crippen molar-refractivity contribution in [1.82, 2.24) is 0 Å². The number of hydrogen-bond acceptors (Lipinski definition) is 5. The maximum atomic E-state index is 11.3. The van der Waals surface area contributed by atoms with Gasteiger partial charge in [-0.3, -0.25) is 4.79 Å². The van der Waals surface area contributed by atoms with Crippen LogP contribution in [-0.2, 0) is 19.1 Å². The molecule has 0 saturated carbocycles. The second kappa shape index (κ2) is 7.46. The molecule has 0 aliphatic heterocycles. The number of esters is 2. The molecule has 0 fully saturated rings. The fraction of sp³-hybridized carbons (Fsp3) is 0.545. The van der Waals surface area contributed by atoms with Gasteiger partial charge in [-0.15, -0.1) is 0 Å². The van der Waals surface area contributed by atoms with Gasteiger partial charge in [-0.25, -0.2) is 4.79 Å². The molecule has 0 spiro atoms. The van der Waals surface area contributed by atoms with E-state index in [4.69, 9.17) is 14.7 Å². The number of carbonyl (C=O) groups is 2. The summed E-state index contributed by atoms with van der Waals surface area (Å²) >= 11 is 0. The Morgan fingerprint density at radius 2 is 2.00 bits per heavy atom. The lowest BCUT2D eigenvalue weighted by Crippen LogP contribution is -2.24. The minimum absolute atomic E-state index is 0.0884. The summed E-state index contributed by atoms with van der Waals surface area (Å²) in [5.74, 6) is -1.69. The normalized spacial score (nSPS) is 11.1. The Labute approximate surface area is 94.6 Å². The van der Waals surface area contributed by atoms with Gasteiger partial charge >= 0.3 is 11.9 Å². The second-order valence-electron chi connectivity index (χ2n) is 3.05. The fourth-order valence-electron chi connectivity index (χ4n) is 0.922. The smallest absolute Gasteiger partial charge is 0.348 e. The van der Waals surface area contributed by atoms with Crippen molar-refractivity contribution in [2.24, 2.45) is 5.92 Å². The van der Waals surface area contributed by atoms with Crippen LogP contribution in [0.5, 0.6) is 0 Å². The first-order valence-corrected chi connectivity index (χ1v) is 4.99. The van der Waals surface area contributed by atoms with Gasteiger partial charge in [0.1, 0.15) is 18.2 Å². The molecule has 0 bridgehead atoms. The lowest BCUT2D eigenvalue weighted by atomic mass is 10.1. The van der Waals surface area contributed by atoms with Crippen LogP contribution in [0.2, 0.25) is 0 Å². The molecule has 0 heterocycles. The minimum Gasteiger partial charge on any atom is -0.466 e. The van der Waals surface area contributed by atoms with Crippen LogP contribution in [0.15, 0.2) is 12.2 Å². The Hall–Kier alpha value is -1.83. The molecule has 0 aliphatic rings. The van der Waals surface area contributed by atoms with Gasteiger partial charge < -0.3 is 9.47 Å². The monoisotopic (exact) mass is 225 g/mol. The highest BCUT2D eigenvalue weighted by Crippen LogP contribution is 2.07. The fourth-order valence-corrected chi connectivity index (χ4v) is 0.922. The van der Waals surface area contributed by atoms with E-state index in [0.717, 1.165) is 0 Å². The number of hydrogen-bond donors (Lipinski definition) is 0.